The van der Waals surface area contributed by atoms with Crippen molar-refractivity contribution in [3.8, 4) is 0 Å². The molecule has 0 aromatic heterocycles. The summed E-state index contributed by atoms with van der Waals surface area (Å²) in [4.78, 5) is 14.2. The molecule has 2 saturated heterocycles. The van der Waals surface area contributed by atoms with Gasteiger partial charge in [0.1, 0.15) is 0 Å². The molecule has 2 aliphatic heterocycles. The Morgan fingerprint density at radius 2 is 1.95 bits per heavy atom. The van der Waals surface area contributed by atoms with Crippen molar-refractivity contribution in [3.63, 3.8) is 0 Å². The van der Waals surface area contributed by atoms with Gasteiger partial charge in [-0.15, -0.1) is 0 Å². The molecule has 0 saturated carbocycles. The first-order valence-electron chi connectivity index (χ1n) is 7.73. The summed E-state index contributed by atoms with van der Waals surface area (Å²) < 4.78 is 29.1. The van der Waals surface area contributed by atoms with Gasteiger partial charge in [-0.3, -0.25) is 9.69 Å². The van der Waals surface area contributed by atoms with Crippen molar-refractivity contribution in [3.05, 3.63) is 0 Å². The summed E-state index contributed by atoms with van der Waals surface area (Å²) in [6, 6.07) is -0.341. The van der Waals surface area contributed by atoms with Gasteiger partial charge in [-0.25, -0.2) is 8.42 Å². The van der Waals surface area contributed by atoms with Crippen molar-refractivity contribution in [2.75, 3.05) is 31.2 Å². The predicted octanol–water partition coefficient (Wildman–Crippen LogP) is 0.179. The molecular weight excluding hydrogens is 292 g/mol. The Morgan fingerprint density at radius 1 is 1.29 bits per heavy atom. The number of nitrogens with zero attached hydrogens (tertiary/aromatic N) is 1. The maximum absolute atomic E-state index is 11.9. The zero-order valence-corrected chi connectivity index (χ0v) is 13.7. The van der Waals surface area contributed by atoms with E-state index in [9.17, 15) is 13.2 Å². The van der Waals surface area contributed by atoms with Crippen LogP contribution < -0.4 is 5.32 Å². The highest BCUT2D eigenvalue weighted by atomic mass is 32.2. The number of sulfone groups is 1. The van der Waals surface area contributed by atoms with E-state index in [4.69, 9.17) is 4.74 Å². The Balaban J connectivity index is 1.88. The first-order valence-corrected chi connectivity index (χ1v) is 9.55. The standard InChI is InChI=1S/C14H26N2O4S/c1-11(2)20-8-5-14(17)15-12-9-21(18,19)10-13(12)16-6-3-4-7-16/h11-13H,3-10H2,1-2H3,(H,15,17)/t12-,13+/m1/s1. The smallest absolute Gasteiger partial charge is 0.222 e. The number of nitrogens with one attached hydrogen (secondary N) is 1. The Bertz CT molecular complexity index is 458. The maximum atomic E-state index is 11.9. The van der Waals surface area contributed by atoms with Gasteiger partial charge in [0.15, 0.2) is 9.84 Å². The number of carbonyl (C=O) groups excluding carboxylic acids is 1. The normalized spacial score (nSPS) is 29.1. The van der Waals surface area contributed by atoms with Gasteiger partial charge in [-0.1, -0.05) is 0 Å². The van der Waals surface area contributed by atoms with Crippen molar-refractivity contribution < 1.29 is 17.9 Å². The highest BCUT2D eigenvalue weighted by molar-refractivity contribution is 7.91. The largest absolute Gasteiger partial charge is 0.378 e. The van der Waals surface area contributed by atoms with Gasteiger partial charge in [0, 0.05) is 12.5 Å². The molecule has 1 amide bonds. The molecule has 7 heteroatoms. The van der Waals surface area contributed by atoms with Gasteiger partial charge in [-0.2, -0.15) is 0 Å². The fraction of sp³-hybridized carbons (Fsp3) is 0.929. The molecule has 2 fully saturated rings. The van der Waals surface area contributed by atoms with Crippen molar-refractivity contribution in [1.29, 1.82) is 0 Å². The summed E-state index contributed by atoms with van der Waals surface area (Å²) >= 11 is 0. The van der Waals surface area contributed by atoms with Crippen LogP contribution >= 0.6 is 0 Å². The molecule has 0 aromatic carbocycles. The Labute approximate surface area is 127 Å². The number of likely N-dealkylation sites (tertiary alicyclic amines) is 1. The predicted molar refractivity (Wildman–Crippen MR) is 80.9 cm³/mol. The topological polar surface area (TPSA) is 75.7 Å². The quantitative estimate of drug-likeness (QED) is 0.756. The second-order valence-electron chi connectivity index (χ2n) is 6.23. The summed E-state index contributed by atoms with van der Waals surface area (Å²) in [5.74, 6) is 0.104. The number of ether oxygens (including phenoxy) is 1. The zero-order chi connectivity index (χ0) is 15.5. The van der Waals surface area contributed by atoms with Crippen molar-refractivity contribution in [2.45, 2.75) is 51.3 Å². The first kappa shape index (κ1) is 16.7. The van der Waals surface area contributed by atoms with Crippen LogP contribution in [0.4, 0.5) is 0 Å². The van der Waals surface area contributed by atoms with Crippen LogP contribution in [0.1, 0.15) is 33.1 Å². The van der Waals surface area contributed by atoms with Crippen molar-refractivity contribution in [1.82, 2.24) is 10.2 Å². The van der Waals surface area contributed by atoms with E-state index in [0.29, 0.717) is 6.61 Å². The molecule has 1 N–H and O–H groups in total. The lowest BCUT2D eigenvalue weighted by Crippen LogP contribution is -2.50. The lowest BCUT2D eigenvalue weighted by molar-refractivity contribution is -0.123. The van der Waals surface area contributed by atoms with E-state index in [0.717, 1.165) is 25.9 Å². The van der Waals surface area contributed by atoms with Gasteiger partial charge >= 0.3 is 0 Å². The molecule has 0 radical (unpaired) electrons. The minimum atomic E-state index is -3.05. The molecule has 2 heterocycles. The Hall–Kier alpha value is -0.660. The third kappa shape index (κ3) is 4.93. The van der Waals surface area contributed by atoms with Crippen LogP contribution in [-0.2, 0) is 19.4 Å². The highest BCUT2D eigenvalue weighted by Gasteiger charge is 2.42. The molecule has 2 atom stereocenters. The van der Waals surface area contributed by atoms with E-state index in [2.05, 4.69) is 10.2 Å². The molecule has 21 heavy (non-hydrogen) atoms. The molecular formula is C14H26N2O4S. The van der Waals surface area contributed by atoms with Gasteiger partial charge in [-0.05, 0) is 39.8 Å². The number of hydrogen-bond acceptors (Lipinski definition) is 5. The number of rotatable bonds is 6. The summed E-state index contributed by atoms with van der Waals surface area (Å²) in [7, 11) is -3.05. The summed E-state index contributed by atoms with van der Waals surface area (Å²) in [5, 5.41) is 2.90. The lowest BCUT2D eigenvalue weighted by atomic mass is 10.1. The molecule has 2 rings (SSSR count). The molecule has 6 nitrogen and oxygen atoms in total. The van der Waals surface area contributed by atoms with Crippen LogP contribution in [0.3, 0.4) is 0 Å². The summed E-state index contributed by atoms with van der Waals surface area (Å²) in [6.45, 7) is 6.08. The fourth-order valence-electron chi connectivity index (χ4n) is 3.07. The molecule has 0 aliphatic carbocycles. The third-order valence-corrected chi connectivity index (χ3v) is 5.78. The van der Waals surface area contributed by atoms with Crippen molar-refractivity contribution >= 4 is 15.7 Å². The summed E-state index contributed by atoms with van der Waals surface area (Å²) in [6.07, 6.45) is 2.60. The maximum Gasteiger partial charge on any atom is 0.222 e. The van der Waals surface area contributed by atoms with Gasteiger partial charge in [0.05, 0.1) is 30.3 Å². The van der Waals surface area contributed by atoms with E-state index < -0.39 is 9.84 Å². The van der Waals surface area contributed by atoms with Crippen molar-refractivity contribution in [2.24, 2.45) is 0 Å². The Morgan fingerprint density at radius 3 is 2.57 bits per heavy atom. The lowest BCUT2D eigenvalue weighted by Gasteiger charge is -2.28. The summed E-state index contributed by atoms with van der Waals surface area (Å²) in [5.41, 5.74) is 0. The number of hydrogen-bond donors (Lipinski definition) is 1. The first-order chi connectivity index (χ1) is 9.87. The van der Waals surface area contributed by atoms with Gasteiger partial charge in [0.2, 0.25) is 5.91 Å². The van der Waals surface area contributed by atoms with E-state index >= 15 is 0 Å². The second kappa shape index (κ2) is 7.07. The van der Waals surface area contributed by atoms with Crippen LogP contribution in [0.15, 0.2) is 0 Å². The van der Waals surface area contributed by atoms with Crippen LogP contribution in [0, 0.1) is 0 Å². The zero-order valence-electron chi connectivity index (χ0n) is 12.9. The molecule has 0 unspecified atom stereocenters. The van der Waals surface area contributed by atoms with E-state index in [1.165, 1.54) is 0 Å². The van der Waals surface area contributed by atoms with Crippen LogP contribution in [-0.4, -0.2) is 68.6 Å². The van der Waals surface area contributed by atoms with Crippen LogP contribution in [0.25, 0.3) is 0 Å². The van der Waals surface area contributed by atoms with Crippen LogP contribution in [0.2, 0.25) is 0 Å². The minimum absolute atomic E-state index is 0.0605. The second-order valence-corrected chi connectivity index (χ2v) is 8.38. The van der Waals surface area contributed by atoms with Crippen LogP contribution in [0.5, 0.6) is 0 Å². The average molecular weight is 318 g/mol. The molecule has 0 aromatic rings. The SMILES string of the molecule is CC(C)OCCC(=O)N[C@@H]1CS(=O)(=O)C[C@@H]1N1CCCC1. The van der Waals surface area contributed by atoms with E-state index in [1.54, 1.807) is 0 Å². The number of amides is 1. The van der Waals surface area contributed by atoms with Gasteiger partial charge < -0.3 is 10.1 Å². The van der Waals surface area contributed by atoms with E-state index in [-0.39, 0.29) is 42.0 Å². The van der Waals surface area contributed by atoms with Gasteiger partial charge in [0.25, 0.3) is 0 Å². The Kier molecular flexibility index (Phi) is 5.62. The fourth-order valence-corrected chi connectivity index (χ4v) is 5.02. The molecule has 0 bridgehead atoms. The van der Waals surface area contributed by atoms with E-state index in [1.807, 2.05) is 13.8 Å². The minimum Gasteiger partial charge on any atom is -0.378 e. The average Bonchev–Trinajstić information content (AvgIpc) is 2.96. The third-order valence-electron chi connectivity index (χ3n) is 4.06. The monoisotopic (exact) mass is 318 g/mol. The molecule has 122 valence electrons. The highest BCUT2D eigenvalue weighted by Crippen LogP contribution is 2.22. The number of carbonyl (C=O) groups is 1. The molecule has 2 aliphatic rings. The molecule has 0 spiro atoms.